The minimum atomic E-state index is -4.57. The van der Waals surface area contributed by atoms with Gasteiger partial charge in [0, 0.05) is 18.7 Å². The van der Waals surface area contributed by atoms with Crippen LogP contribution in [-0.2, 0) is 30.4 Å². The Morgan fingerprint density at radius 3 is 2.71 bits per heavy atom. The van der Waals surface area contributed by atoms with Gasteiger partial charge in [-0.2, -0.15) is 13.2 Å². The van der Waals surface area contributed by atoms with Gasteiger partial charge in [0.2, 0.25) is 5.91 Å². The smallest absolute Gasteiger partial charge is 0.338 e. The molecule has 164 valence electrons. The van der Waals surface area contributed by atoms with Gasteiger partial charge in [-0.05, 0) is 60.6 Å². The molecule has 5 nitrogen and oxygen atoms in total. The van der Waals surface area contributed by atoms with Crippen LogP contribution in [0.4, 0.5) is 13.2 Å². The maximum Gasteiger partial charge on any atom is 0.417 e. The standard InChI is InChI=1S/C22H20ClF3N2O3/c23-18-5-4-13(10-17(18)22(24,25)26)12-28-9-8-21(20(28)30)7-6-14-2-1-3-15(16(14)11-21)19(29)27-31/h1-5,10,31H,6-9,11-12H2,(H,27,29)/t21-/m0/s1. The minimum Gasteiger partial charge on any atom is -0.338 e. The molecule has 1 atom stereocenters. The van der Waals surface area contributed by atoms with Crippen molar-refractivity contribution in [2.45, 2.75) is 38.4 Å². The topological polar surface area (TPSA) is 69.6 Å². The van der Waals surface area contributed by atoms with Crippen molar-refractivity contribution in [3.05, 3.63) is 69.2 Å². The third kappa shape index (κ3) is 3.90. The van der Waals surface area contributed by atoms with Gasteiger partial charge in [0.1, 0.15) is 0 Å². The molecular formula is C22H20ClF3N2O3. The van der Waals surface area contributed by atoms with E-state index in [-0.39, 0.29) is 17.5 Å². The van der Waals surface area contributed by atoms with Crippen molar-refractivity contribution in [1.82, 2.24) is 10.4 Å². The number of rotatable bonds is 3. The van der Waals surface area contributed by atoms with Crippen LogP contribution in [-0.4, -0.2) is 28.5 Å². The molecule has 4 rings (SSSR count). The molecule has 2 aromatic rings. The van der Waals surface area contributed by atoms with Crippen LogP contribution in [0.3, 0.4) is 0 Å². The van der Waals surface area contributed by atoms with Gasteiger partial charge in [-0.15, -0.1) is 0 Å². The number of benzene rings is 2. The third-order valence-corrected chi connectivity index (χ3v) is 6.65. The Balaban J connectivity index is 1.58. The van der Waals surface area contributed by atoms with E-state index in [1.807, 2.05) is 6.07 Å². The van der Waals surface area contributed by atoms with Crippen molar-refractivity contribution in [3.63, 3.8) is 0 Å². The molecule has 1 aliphatic heterocycles. The number of hydroxylamine groups is 1. The Labute approximate surface area is 181 Å². The predicted octanol–water partition coefficient (Wildman–Crippen LogP) is 4.39. The Kier molecular flexibility index (Phi) is 5.47. The maximum atomic E-state index is 13.3. The quantitative estimate of drug-likeness (QED) is 0.536. The van der Waals surface area contributed by atoms with E-state index >= 15 is 0 Å². The molecule has 1 spiro atoms. The normalized spacial score (nSPS) is 20.8. The summed E-state index contributed by atoms with van der Waals surface area (Å²) in [5.41, 5.74) is 2.43. The molecule has 9 heteroatoms. The number of nitrogens with one attached hydrogen (secondary N) is 1. The second-order valence-electron chi connectivity index (χ2n) is 8.13. The van der Waals surface area contributed by atoms with Crippen LogP contribution in [0.1, 0.15) is 45.5 Å². The van der Waals surface area contributed by atoms with Crippen molar-refractivity contribution in [2.24, 2.45) is 5.41 Å². The van der Waals surface area contributed by atoms with Crippen molar-refractivity contribution >= 4 is 23.4 Å². The summed E-state index contributed by atoms with van der Waals surface area (Å²) in [4.78, 5) is 27.0. The largest absolute Gasteiger partial charge is 0.417 e. The fourth-order valence-corrected chi connectivity index (χ4v) is 4.92. The van der Waals surface area contributed by atoms with E-state index in [1.54, 1.807) is 22.5 Å². The van der Waals surface area contributed by atoms with Gasteiger partial charge in [-0.1, -0.05) is 29.8 Å². The number of carbonyl (C=O) groups excluding carboxylic acids is 2. The number of carbonyl (C=O) groups is 2. The van der Waals surface area contributed by atoms with E-state index < -0.39 is 23.1 Å². The first kappa shape index (κ1) is 21.6. The van der Waals surface area contributed by atoms with E-state index in [9.17, 15) is 22.8 Å². The fraction of sp³-hybridized carbons (Fsp3) is 0.364. The molecular weight excluding hydrogens is 433 g/mol. The van der Waals surface area contributed by atoms with Crippen LogP contribution < -0.4 is 5.48 Å². The lowest BCUT2D eigenvalue weighted by Gasteiger charge is -2.34. The van der Waals surface area contributed by atoms with Crippen molar-refractivity contribution < 1.29 is 28.0 Å². The van der Waals surface area contributed by atoms with Crippen LogP contribution in [0.25, 0.3) is 0 Å². The van der Waals surface area contributed by atoms with Gasteiger partial charge in [0.25, 0.3) is 5.91 Å². The second-order valence-corrected chi connectivity index (χ2v) is 8.54. The third-order valence-electron chi connectivity index (χ3n) is 6.32. The highest BCUT2D eigenvalue weighted by molar-refractivity contribution is 6.31. The number of alkyl halides is 3. The van der Waals surface area contributed by atoms with E-state index in [0.717, 1.165) is 17.2 Å². The second kappa shape index (κ2) is 7.84. The molecule has 1 heterocycles. The number of halogens is 4. The van der Waals surface area contributed by atoms with E-state index in [0.29, 0.717) is 43.4 Å². The number of aryl methyl sites for hydroxylation is 1. The summed E-state index contributed by atoms with van der Waals surface area (Å²) in [6.07, 6.45) is -2.44. The summed E-state index contributed by atoms with van der Waals surface area (Å²) in [7, 11) is 0. The first-order chi connectivity index (χ1) is 14.6. The molecule has 2 amide bonds. The summed E-state index contributed by atoms with van der Waals surface area (Å²) in [5, 5.41) is 8.66. The summed E-state index contributed by atoms with van der Waals surface area (Å²) >= 11 is 5.69. The summed E-state index contributed by atoms with van der Waals surface area (Å²) in [6.45, 7) is 0.485. The van der Waals surface area contributed by atoms with Crippen LogP contribution >= 0.6 is 11.6 Å². The molecule has 0 saturated carbocycles. The molecule has 1 saturated heterocycles. The van der Waals surface area contributed by atoms with Crippen molar-refractivity contribution in [1.29, 1.82) is 0 Å². The lowest BCUT2D eigenvalue weighted by Crippen LogP contribution is -2.39. The zero-order valence-electron chi connectivity index (χ0n) is 16.4. The first-order valence-electron chi connectivity index (χ1n) is 9.85. The minimum absolute atomic E-state index is 0.0620. The van der Waals surface area contributed by atoms with Gasteiger partial charge in [-0.3, -0.25) is 14.8 Å². The Bertz CT molecular complexity index is 1060. The molecule has 2 aromatic carbocycles. The SMILES string of the molecule is O=C(NO)c1cccc2c1C[C@]1(CC2)CCN(Cc2ccc(Cl)c(C(F)(F)F)c2)C1=O. The fourth-order valence-electron chi connectivity index (χ4n) is 4.70. The van der Waals surface area contributed by atoms with Crippen LogP contribution in [0, 0.1) is 5.41 Å². The van der Waals surface area contributed by atoms with Crippen molar-refractivity contribution in [2.75, 3.05) is 6.54 Å². The number of amides is 2. The highest BCUT2D eigenvalue weighted by Gasteiger charge is 2.48. The number of likely N-dealkylation sites (tertiary alicyclic amines) is 1. The molecule has 0 aromatic heterocycles. The summed E-state index contributed by atoms with van der Waals surface area (Å²) < 4.78 is 39.5. The highest BCUT2D eigenvalue weighted by Crippen LogP contribution is 2.45. The average Bonchev–Trinajstić information content (AvgIpc) is 3.02. The Hall–Kier alpha value is -2.58. The number of nitrogens with zero attached hydrogens (tertiary/aromatic N) is 1. The number of hydrogen-bond acceptors (Lipinski definition) is 3. The van der Waals surface area contributed by atoms with E-state index in [2.05, 4.69) is 0 Å². The first-order valence-corrected chi connectivity index (χ1v) is 10.2. The van der Waals surface area contributed by atoms with Gasteiger partial charge in [-0.25, -0.2) is 5.48 Å². The maximum absolute atomic E-state index is 13.3. The molecule has 1 aliphatic carbocycles. The molecule has 2 N–H and O–H groups in total. The molecule has 2 aliphatic rings. The van der Waals surface area contributed by atoms with Crippen LogP contribution in [0.15, 0.2) is 36.4 Å². The Morgan fingerprint density at radius 2 is 2.00 bits per heavy atom. The zero-order chi connectivity index (χ0) is 22.4. The molecule has 0 bridgehead atoms. The summed E-state index contributed by atoms with van der Waals surface area (Å²) in [5.74, 6) is -0.752. The predicted molar refractivity (Wildman–Crippen MR) is 107 cm³/mol. The van der Waals surface area contributed by atoms with E-state index in [1.165, 1.54) is 12.1 Å². The average molecular weight is 453 g/mol. The van der Waals surface area contributed by atoms with Crippen LogP contribution in [0.2, 0.25) is 5.02 Å². The van der Waals surface area contributed by atoms with Gasteiger partial charge in [0.15, 0.2) is 0 Å². The highest BCUT2D eigenvalue weighted by atomic mass is 35.5. The van der Waals surface area contributed by atoms with Crippen LogP contribution in [0.5, 0.6) is 0 Å². The molecule has 0 unspecified atom stereocenters. The van der Waals surface area contributed by atoms with Gasteiger partial charge < -0.3 is 4.90 Å². The molecule has 0 radical (unpaired) electrons. The zero-order valence-corrected chi connectivity index (χ0v) is 17.2. The Morgan fingerprint density at radius 1 is 1.23 bits per heavy atom. The number of hydrogen-bond donors (Lipinski definition) is 2. The van der Waals surface area contributed by atoms with Gasteiger partial charge in [0.05, 0.1) is 16.0 Å². The monoisotopic (exact) mass is 452 g/mol. The summed E-state index contributed by atoms with van der Waals surface area (Å²) in [6, 6.07) is 8.93. The molecule has 1 fully saturated rings. The van der Waals surface area contributed by atoms with E-state index in [4.69, 9.17) is 16.8 Å². The number of fused-ring (bicyclic) bond motifs is 1. The van der Waals surface area contributed by atoms with Gasteiger partial charge >= 0.3 is 6.18 Å². The lowest BCUT2D eigenvalue weighted by molar-refractivity contribution is -0.137. The molecule has 31 heavy (non-hydrogen) atoms. The lowest BCUT2D eigenvalue weighted by atomic mass is 9.69. The van der Waals surface area contributed by atoms with Crippen molar-refractivity contribution in [3.8, 4) is 0 Å².